The van der Waals surface area contributed by atoms with Gasteiger partial charge in [-0.05, 0) is 63.6 Å². The van der Waals surface area contributed by atoms with Crippen LogP contribution in [0.3, 0.4) is 0 Å². The molecule has 1 fully saturated rings. The molecule has 2 atom stereocenters. The number of ether oxygens (including phenoxy) is 2. The van der Waals surface area contributed by atoms with Gasteiger partial charge in [0.25, 0.3) is 0 Å². The van der Waals surface area contributed by atoms with E-state index in [-0.39, 0.29) is 11.6 Å². The summed E-state index contributed by atoms with van der Waals surface area (Å²) < 4.78 is 10.3. The van der Waals surface area contributed by atoms with Gasteiger partial charge in [-0.1, -0.05) is 12.1 Å². The third-order valence-electron chi connectivity index (χ3n) is 4.73. The Morgan fingerprint density at radius 1 is 1.19 bits per heavy atom. The number of hydrazine groups is 1. The van der Waals surface area contributed by atoms with Crippen molar-refractivity contribution in [3.8, 4) is 5.75 Å². The highest BCUT2D eigenvalue weighted by Crippen LogP contribution is 2.36. The molecule has 0 bridgehead atoms. The minimum atomic E-state index is -0.367. The molecule has 1 aromatic rings. The SMILES string of the molecule is COCCN(/[N+]([O-])=N\O[C@@H]1CC[C@@H](c2ccc(OC)cc2)C1)C(C)(C)C. The van der Waals surface area contributed by atoms with Gasteiger partial charge in [0.05, 0.1) is 24.2 Å². The van der Waals surface area contributed by atoms with Crippen LogP contribution in [0.15, 0.2) is 29.5 Å². The normalized spacial score (nSPS) is 20.9. The third-order valence-corrected chi connectivity index (χ3v) is 4.73. The number of hydrogen-bond donors (Lipinski definition) is 0. The van der Waals surface area contributed by atoms with Crippen LogP contribution in [0.5, 0.6) is 5.75 Å². The lowest BCUT2D eigenvalue weighted by molar-refractivity contribution is -0.726. The second-order valence-electron chi connectivity index (χ2n) is 7.63. The van der Waals surface area contributed by atoms with E-state index in [0.717, 1.165) is 25.0 Å². The molecule has 2 rings (SSSR count). The molecule has 0 radical (unpaired) electrons. The highest BCUT2D eigenvalue weighted by atomic mass is 16.7. The maximum absolute atomic E-state index is 12.4. The molecule has 1 aliphatic carbocycles. The Bertz CT molecular complexity index is 583. The maximum Gasteiger partial charge on any atom is 0.233 e. The smallest absolute Gasteiger partial charge is 0.233 e. The first kappa shape index (κ1) is 20.3. The average Bonchev–Trinajstić information content (AvgIpc) is 3.08. The van der Waals surface area contributed by atoms with Crippen molar-refractivity contribution in [3.63, 3.8) is 0 Å². The predicted molar refractivity (Wildman–Crippen MR) is 98.8 cm³/mol. The fourth-order valence-corrected chi connectivity index (χ4v) is 3.22. The van der Waals surface area contributed by atoms with Gasteiger partial charge in [-0.3, -0.25) is 0 Å². The van der Waals surface area contributed by atoms with Gasteiger partial charge in [0.1, 0.15) is 18.4 Å². The molecule has 0 N–H and O–H groups in total. The van der Waals surface area contributed by atoms with E-state index in [4.69, 9.17) is 14.3 Å². The van der Waals surface area contributed by atoms with Crippen LogP contribution in [0.2, 0.25) is 0 Å². The van der Waals surface area contributed by atoms with E-state index < -0.39 is 0 Å². The Hall–Kier alpha value is -2.02. The van der Waals surface area contributed by atoms with Crippen LogP contribution in [-0.4, -0.2) is 49.0 Å². The van der Waals surface area contributed by atoms with Crippen molar-refractivity contribution >= 4 is 0 Å². The third kappa shape index (κ3) is 5.49. The quantitative estimate of drug-likeness (QED) is 0.397. The number of methoxy groups -OCH3 is 2. The van der Waals surface area contributed by atoms with E-state index in [1.807, 2.05) is 32.9 Å². The Labute approximate surface area is 156 Å². The zero-order valence-corrected chi connectivity index (χ0v) is 16.5. The van der Waals surface area contributed by atoms with Crippen LogP contribution in [0, 0.1) is 5.21 Å². The minimum absolute atomic E-state index is 0.0391. The standard InChI is InChI=1S/C19H31N3O4/c1-19(2,3)21(12-13-24-4)22(23)20-26-18-11-8-16(14-18)15-6-9-17(25-5)10-7-15/h6-7,9-10,16,18H,8,11-14H2,1-5H3/b22-20+/t16-,18-/m1/s1. The number of nitrogens with zero attached hydrogens (tertiary/aromatic N) is 3. The summed E-state index contributed by atoms with van der Waals surface area (Å²) in [5.74, 6) is 1.28. The first-order valence-electron chi connectivity index (χ1n) is 9.09. The molecular weight excluding hydrogens is 334 g/mol. The van der Waals surface area contributed by atoms with E-state index in [1.165, 1.54) is 5.56 Å². The largest absolute Gasteiger partial charge is 0.569 e. The molecule has 0 aromatic heterocycles. The zero-order chi connectivity index (χ0) is 19.2. The second-order valence-corrected chi connectivity index (χ2v) is 7.63. The molecule has 0 aliphatic heterocycles. The Balaban J connectivity index is 1.92. The molecule has 0 heterocycles. The molecule has 1 saturated carbocycles. The first-order chi connectivity index (χ1) is 12.3. The summed E-state index contributed by atoms with van der Waals surface area (Å²) in [6.07, 6.45) is 2.74. The Morgan fingerprint density at radius 3 is 2.46 bits per heavy atom. The van der Waals surface area contributed by atoms with Crippen molar-refractivity contribution in [1.29, 1.82) is 0 Å². The van der Waals surface area contributed by atoms with Crippen LogP contribution < -0.4 is 4.74 Å². The average molecular weight is 365 g/mol. The van der Waals surface area contributed by atoms with Gasteiger partial charge in [0.15, 0.2) is 0 Å². The van der Waals surface area contributed by atoms with Gasteiger partial charge in [-0.25, -0.2) is 0 Å². The molecule has 0 unspecified atom stereocenters. The zero-order valence-electron chi connectivity index (χ0n) is 16.5. The van der Waals surface area contributed by atoms with Gasteiger partial charge in [0, 0.05) is 7.11 Å². The molecule has 1 aromatic carbocycles. The van der Waals surface area contributed by atoms with Gasteiger partial charge in [-0.2, -0.15) is 0 Å². The summed E-state index contributed by atoms with van der Waals surface area (Å²) in [7, 11) is 3.28. The minimum Gasteiger partial charge on any atom is -0.569 e. The summed E-state index contributed by atoms with van der Waals surface area (Å²) in [5, 5.41) is 17.8. The second kappa shape index (κ2) is 9.07. The number of hydrogen-bond acceptors (Lipinski definition) is 5. The fraction of sp³-hybridized carbons (Fsp3) is 0.684. The van der Waals surface area contributed by atoms with E-state index >= 15 is 0 Å². The van der Waals surface area contributed by atoms with Crippen molar-refractivity contribution in [2.45, 2.75) is 57.6 Å². The lowest BCUT2D eigenvalue weighted by Crippen LogP contribution is -2.47. The van der Waals surface area contributed by atoms with Crippen molar-refractivity contribution in [2.75, 3.05) is 27.4 Å². The maximum atomic E-state index is 12.4. The highest BCUT2D eigenvalue weighted by molar-refractivity contribution is 5.29. The van der Waals surface area contributed by atoms with Crippen molar-refractivity contribution in [3.05, 3.63) is 35.0 Å². The molecule has 0 spiro atoms. The molecule has 26 heavy (non-hydrogen) atoms. The molecule has 7 heteroatoms. The lowest BCUT2D eigenvalue weighted by Gasteiger charge is -2.30. The monoisotopic (exact) mass is 365 g/mol. The Kier molecular flexibility index (Phi) is 7.08. The van der Waals surface area contributed by atoms with Crippen LogP contribution >= 0.6 is 0 Å². The summed E-state index contributed by atoms with van der Waals surface area (Å²) in [6, 6.07) is 8.14. The van der Waals surface area contributed by atoms with Crippen LogP contribution in [0.25, 0.3) is 0 Å². The molecule has 0 amide bonds. The lowest BCUT2D eigenvalue weighted by atomic mass is 9.98. The molecular formula is C19H31N3O4. The van der Waals surface area contributed by atoms with E-state index in [9.17, 15) is 5.21 Å². The summed E-state index contributed by atoms with van der Waals surface area (Å²) in [6.45, 7) is 6.78. The highest BCUT2D eigenvalue weighted by Gasteiger charge is 2.31. The Morgan fingerprint density at radius 2 is 1.88 bits per heavy atom. The van der Waals surface area contributed by atoms with Gasteiger partial charge in [-0.15, -0.1) is 5.01 Å². The van der Waals surface area contributed by atoms with Crippen molar-refractivity contribution in [1.82, 2.24) is 5.01 Å². The van der Waals surface area contributed by atoms with Crippen LogP contribution in [0.4, 0.5) is 0 Å². The summed E-state index contributed by atoms with van der Waals surface area (Å²) in [5.41, 5.74) is 0.904. The number of rotatable bonds is 8. The molecule has 7 nitrogen and oxygen atoms in total. The topological polar surface area (TPSA) is 69.4 Å². The summed E-state index contributed by atoms with van der Waals surface area (Å²) in [4.78, 5) is 6.10. The summed E-state index contributed by atoms with van der Waals surface area (Å²) >= 11 is 0. The van der Waals surface area contributed by atoms with Crippen LogP contribution in [-0.2, 0) is 9.57 Å². The van der Waals surface area contributed by atoms with Crippen molar-refractivity contribution in [2.24, 2.45) is 5.28 Å². The number of benzene rings is 1. The first-order valence-corrected chi connectivity index (χ1v) is 9.09. The van der Waals surface area contributed by atoms with E-state index in [0.29, 0.717) is 24.0 Å². The molecule has 146 valence electrons. The fourth-order valence-electron chi connectivity index (χ4n) is 3.22. The van der Waals surface area contributed by atoms with Crippen molar-refractivity contribution < 1.29 is 19.3 Å². The predicted octanol–water partition coefficient (Wildman–Crippen LogP) is 3.89. The van der Waals surface area contributed by atoms with Gasteiger partial charge in [0.2, 0.25) is 5.28 Å². The van der Waals surface area contributed by atoms with Crippen LogP contribution in [0.1, 0.15) is 51.5 Å². The van der Waals surface area contributed by atoms with Gasteiger partial charge < -0.3 is 19.5 Å². The van der Waals surface area contributed by atoms with E-state index in [1.54, 1.807) is 19.2 Å². The van der Waals surface area contributed by atoms with E-state index in [2.05, 4.69) is 17.4 Å². The molecule has 0 saturated heterocycles. The van der Waals surface area contributed by atoms with Gasteiger partial charge >= 0.3 is 0 Å². The molecule has 1 aliphatic rings.